The van der Waals surface area contributed by atoms with Gasteiger partial charge in [0.25, 0.3) is 0 Å². The van der Waals surface area contributed by atoms with Gasteiger partial charge in [0.15, 0.2) is 11.5 Å². The predicted octanol–water partition coefficient (Wildman–Crippen LogP) is 3.58. The Morgan fingerprint density at radius 2 is 2.06 bits per heavy atom. The second kappa shape index (κ2) is 6.64. The quantitative estimate of drug-likeness (QED) is 0.644. The van der Waals surface area contributed by atoms with Gasteiger partial charge in [-0.15, -0.1) is 5.10 Å². The predicted molar refractivity (Wildman–Crippen MR) is 115 cm³/mol. The molecule has 3 aromatic rings. The van der Waals surface area contributed by atoms with Crippen LogP contribution in [0, 0.1) is 23.2 Å². The van der Waals surface area contributed by atoms with Gasteiger partial charge in [-0.3, -0.25) is 4.79 Å². The van der Waals surface area contributed by atoms with Crippen molar-refractivity contribution in [2.75, 3.05) is 7.11 Å². The molecule has 1 amide bonds. The van der Waals surface area contributed by atoms with E-state index in [0.717, 1.165) is 23.4 Å². The number of benzene rings is 1. The summed E-state index contributed by atoms with van der Waals surface area (Å²) in [6, 6.07) is 9.40. The maximum Gasteiger partial charge on any atom is 0.224 e. The Kier molecular flexibility index (Phi) is 3.97. The van der Waals surface area contributed by atoms with Crippen LogP contribution in [-0.4, -0.2) is 32.6 Å². The minimum Gasteiger partial charge on any atom is -0.497 e. The minimum atomic E-state index is -0.255. The molecular weight excluding hydrogens is 390 g/mol. The number of ether oxygens (including phenoxy) is 1. The van der Waals surface area contributed by atoms with E-state index < -0.39 is 0 Å². The van der Waals surface area contributed by atoms with Gasteiger partial charge in [-0.25, -0.2) is 14.5 Å². The molecule has 0 unspecified atom stereocenters. The zero-order valence-corrected chi connectivity index (χ0v) is 17.7. The van der Waals surface area contributed by atoms with Crippen LogP contribution in [-0.2, 0) is 4.79 Å². The van der Waals surface area contributed by atoms with Crippen molar-refractivity contribution in [2.45, 2.75) is 32.2 Å². The Morgan fingerprint density at radius 3 is 2.77 bits per heavy atom. The number of methoxy groups -OCH3 is 1. The smallest absolute Gasteiger partial charge is 0.224 e. The molecule has 4 atom stereocenters. The molecule has 7 heteroatoms. The van der Waals surface area contributed by atoms with Crippen LogP contribution in [0.25, 0.3) is 16.9 Å². The average molecular weight is 415 g/mol. The van der Waals surface area contributed by atoms with Gasteiger partial charge in [-0.05, 0) is 67.7 Å². The second-order valence-corrected chi connectivity index (χ2v) is 9.10. The van der Waals surface area contributed by atoms with Crippen molar-refractivity contribution in [3.05, 3.63) is 54.6 Å². The molecule has 0 radical (unpaired) electrons. The number of aromatic nitrogens is 4. The van der Waals surface area contributed by atoms with Crippen LogP contribution in [0.3, 0.4) is 0 Å². The molecule has 2 bridgehead atoms. The SMILES string of the molecule is COc1ccc(-c2cc3nc([C@H](C)NC(=O)[C@H]4C[C@H]5C=C[C@@H]4C54CC4)nn3cn2)cc1. The highest BCUT2D eigenvalue weighted by molar-refractivity contribution is 5.81. The van der Waals surface area contributed by atoms with Crippen LogP contribution < -0.4 is 10.1 Å². The fourth-order valence-electron chi connectivity index (χ4n) is 5.57. The molecule has 2 heterocycles. The summed E-state index contributed by atoms with van der Waals surface area (Å²) in [6.07, 6.45) is 9.80. The number of hydrogen-bond acceptors (Lipinski definition) is 5. The van der Waals surface area contributed by atoms with E-state index in [9.17, 15) is 4.79 Å². The summed E-state index contributed by atoms with van der Waals surface area (Å²) < 4.78 is 6.88. The lowest BCUT2D eigenvalue weighted by atomic mass is 9.88. The van der Waals surface area contributed by atoms with Crippen LogP contribution in [0.4, 0.5) is 0 Å². The molecule has 0 aliphatic heterocycles. The number of amides is 1. The molecular formula is C24H25N5O2. The lowest BCUT2D eigenvalue weighted by Crippen LogP contribution is -2.35. The van der Waals surface area contributed by atoms with Gasteiger partial charge in [0.05, 0.1) is 18.8 Å². The Labute approximate surface area is 180 Å². The highest BCUT2D eigenvalue weighted by Crippen LogP contribution is 2.70. The van der Waals surface area contributed by atoms with E-state index in [1.165, 1.54) is 12.8 Å². The summed E-state index contributed by atoms with van der Waals surface area (Å²) in [5.74, 6) is 2.63. The molecule has 0 saturated heterocycles. The Bertz CT molecular complexity index is 1190. The van der Waals surface area contributed by atoms with Gasteiger partial charge in [-0.2, -0.15) is 0 Å². The fraction of sp³-hybridized carbons (Fsp3) is 0.417. The third kappa shape index (κ3) is 2.86. The zero-order valence-electron chi connectivity index (χ0n) is 17.7. The Hall–Kier alpha value is -3.22. The van der Waals surface area contributed by atoms with E-state index in [4.69, 9.17) is 4.74 Å². The van der Waals surface area contributed by atoms with E-state index in [-0.39, 0.29) is 17.9 Å². The average Bonchev–Trinajstić information content (AvgIpc) is 3.25. The highest BCUT2D eigenvalue weighted by Gasteiger charge is 2.64. The normalized spacial score (nSPS) is 25.8. The summed E-state index contributed by atoms with van der Waals surface area (Å²) in [7, 11) is 1.65. The maximum atomic E-state index is 13.0. The first kappa shape index (κ1) is 18.5. The third-order valence-electron chi connectivity index (χ3n) is 7.44. The first-order chi connectivity index (χ1) is 15.1. The topological polar surface area (TPSA) is 81.4 Å². The van der Waals surface area contributed by atoms with Gasteiger partial charge in [-0.1, -0.05) is 12.2 Å². The van der Waals surface area contributed by atoms with Crippen molar-refractivity contribution in [1.29, 1.82) is 0 Å². The Balaban J connectivity index is 1.19. The van der Waals surface area contributed by atoms with Gasteiger partial charge in [0, 0.05) is 17.5 Å². The Morgan fingerprint density at radius 1 is 1.26 bits per heavy atom. The molecule has 158 valence electrons. The number of hydrogen-bond donors (Lipinski definition) is 1. The first-order valence-corrected chi connectivity index (χ1v) is 10.9. The molecule has 1 N–H and O–H groups in total. The minimum absolute atomic E-state index is 0.0836. The van der Waals surface area contributed by atoms with Crippen molar-refractivity contribution >= 4 is 11.6 Å². The van der Waals surface area contributed by atoms with E-state index in [1.807, 2.05) is 37.3 Å². The molecule has 2 fully saturated rings. The van der Waals surface area contributed by atoms with Gasteiger partial charge in [0.1, 0.15) is 12.1 Å². The molecule has 6 rings (SSSR count). The number of carbonyl (C=O) groups excluding carboxylic acids is 1. The summed E-state index contributed by atoms with van der Waals surface area (Å²) in [5, 5.41) is 7.70. The number of nitrogens with one attached hydrogen (secondary N) is 1. The van der Waals surface area contributed by atoms with Gasteiger partial charge >= 0.3 is 0 Å². The monoisotopic (exact) mass is 415 g/mol. The third-order valence-corrected chi connectivity index (χ3v) is 7.44. The number of allylic oxidation sites excluding steroid dienone is 2. The molecule has 2 saturated carbocycles. The molecule has 1 aromatic carbocycles. The number of rotatable bonds is 5. The van der Waals surface area contributed by atoms with Crippen LogP contribution >= 0.6 is 0 Å². The van der Waals surface area contributed by atoms with Crippen molar-refractivity contribution in [3.8, 4) is 17.0 Å². The molecule has 7 nitrogen and oxygen atoms in total. The lowest BCUT2D eigenvalue weighted by molar-refractivity contribution is -0.126. The van der Waals surface area contributed by atoms with E-state index in [1.54, 1.807) is 18.0 Å². The van der Waals surface area contributed by atoms with Crippen molar-refractivity contribution in [3.63, 3.8) is 0 Å². The van der Waals surface area contributed by atoms with E-state index >= 15 is 0 Å². The van der Waals surface area contributed by atoms with E-state index in [0.29, 0.717) is 28.7 Å². The van der Waals surface area contributed by atoms with Crippen molar-refractivity contribution in [2.24, 2.45) is 23.2 Å². The number of carbonyl (C=O) groups is 1. The fourth-order valence-corrected chi connectivity index (χ4v) is 5.57. The summed E-state index contributed by atoms with van der Waals surface area (Å²) >= 11 is 0. The van der Waals surface area contributed by atoms with Crippen molar-refractivity contribution < 1.29 is 9.53 Å². The number of fused-ring (bicyclic) bond motifs is 1. The molecule has 3 aliphatic carbocycles. The highest BCUT2D eigenvalue weighted by atomic mass is 16.5. The van der Waals surface area contributed by atoms with Gasteiger partial charge < -0.3 is 10.1 Å². The summed E-state index contributed by atoms with van der Waals surface area (Å²) in [6.45, 7) is 1.94. The molecule has 31 heavy (non-hydrogen) atoms. The maximum absolute atomic E-state index is 13.0. The first-order valence-electron chi connectivity index (χ1n) is 10.9. The second-order valence-electron chi connectivity index (χ2n) is 9.10. The molecule has 2 aromatic heterocycles. The van der Waals surface area contributed by atoms with Crippen LogP contribution in [0.5, 0.6) is 5.75 Å². The van der Waals surface area contributed by atoms with Crippen LogP contribution in [0.15, 0.2) is 48.8 Å². The van der Waals surface area contributed by atoms with Gasteiger partial charge in [0.2, 0.25) is 5.91 Å². The molecule has 1 spiro atoms. The standard InChI is InChI=1S/C24H25N5O2/c1-14(26-23(30)18-11-16-5-8-19(18)24(16)9-10-24)22-27-21-12-20(25-13-29(21)28-22)15-3-6-17(31-2)7-4-15/h3-8,12-14,16,18-19H,9-11H2,1-2H3,(H,26,30)/t14-,16+,18-,19-/m0/s1. The zero-order chi connectivity index (χ0) is 21.2. The molecule has 3 aliphatic rings. The van der Waals surface area contributed by atoms with Crippen LogP contribution in [0.2, 0.25) is 0 Å². The number of nitrogens with zero attached hydrogens (tertiary/aromatic N) is 4. The van der Waals surface area contributed by atoms with Crippen molar-refractivity contribution in [1.82, 2.24) is 24.9 Å². The van der Waals surface area contributed by atoms with E-state index in [2.05, 4.69) is 32.5 Å². The lowest BCUT2D eigenvalue weighted by Gasteiger charge is -2.21. The largest absolute Gasteiger partial charge is 0.497 e. The summed E-state index contributed by atoms with van der Waals surface area (Å²) in [5.41, 5.74) is 2.91. The summed E-state index contributed by atoms with van der Waals surface area (Å²) in [4.78, 5) is 22.2. The van der Waals surface area contributed by atoms with Crippen LogP contribution in [0.1, 0.15) is 38.1 Å².